The first-order valence-corrected chi connectivity index (χ1v) is 10.4. The molecule has 0 aliphatic carbocycles. The number of ether oxygens (including phenoxy) is 1. The van der Waals surface area contributed by atoms with Crippen LogP contribution in [-0.2, 0) is 26.1 Å². The van der Waals surface area contributed by atoms with Crippen LogP contribution in [0.1, 0.15) is 41.4 Å². The van der Waals surface area contributed by atoms with E-state index < -0.39 is 16.0 Å². The van der Waals surface area contributed by atoms with E-state index in [2.05, 4.69) is 0 Å². The minimum absolute atomic E-state index is 0.0172. The third-order valence-electron chi connectivity index (χ3n) is 4.68. The van der Waals surface area contributed by atoms with Crippen LogP contribution < -0.4 is 0 Å². The highest BCUT2D eigenvalue weighted by atomic mass is 32.2. The Hall–Kier alpha value is -2.12. The van der Waals surface area contributed by atoms with Gasteiger partial charge in [-0.3, -0.25) is 4.79 Å². The lowest BCUT2D eigenvalue weighted by molar-refractivity contribution is -0.143. The summed E-state index contributed by atoms with van der Waals surface area (Å²) in [5.74, 6) is 0.0909. The van der Waals surface area contributed by atoms with Crippen LogP contribution in [0.15, 0.2) is 33.8 Å². The topological polar surface area (TPSA) is 76.8 Å². The molecule has 0 spiro atoms. The van der Waals surface area contributed by atoms with E-state index >= 15 is 0 Å². The van der Waals surface area contributed by atoms with Crippen LogP contribution in [0.2, 0.25) is 0 Å². The first-order chi connectivity index (χ1) is 12.7. The maximum atomic E-state index is 13.5. The largest absolute Gasteiger partial charge is 0.468 e. The smallest absolute Gasteiger partial charge is 0.307 e. The second-order valence-corrected chi connectivity index (χ2v) is 8.44. The Bertz CT molecular complexity index is 875. The molecule has 0 amide bonds. The van der Waals surface area contributed by atoms with Crippen molar-refractivity contribution in [3.63, 3.8) is 0 Å². The number of hydrogen-bond donors (Lipinski definition) is 0. The summed E-state index contributed by atoms with van der Waals surface area (Å²) >= 11 is 0. The van der Waals surface area contributed by atoms with E-state index in [1.165, 1.54) is 10.6 Å². The highest BCUT2D eigenvalue weighted by Gasteiger charge is 2.30. The zero-order valence-electron chi connectivity index (χ0n) is 16.5. The molecule has 0 bridgehead atoms. The van der Waals surface area contributed by atoms with Crippen molar-refractivity contribution in [3.8, 4) is 0 Å². The Morgan fingerprint density at radius 1 is 1.15 bits per heavy atom. The number of carbonyl (C=O) groups is 1. The number of aryl methyl sites for hydroxylation is 2. The van der Waals surface area contributed by atoms with E-state index in [4.69, 9.17) is 9.15 Å². The van der Waals surface area contributed by atoms with Crippen LogP contribution in [-0.4, -0.2) is 31.8 Å². The number of hydrogen-bond acceptors (Lipinski definition) is 5. The summed E-state index contributed by atoms with van der Waals surface area (Å²) in [4.78, 5) is 12.1. The van der Waals surface area contributed by atoms with E-state index in [1.54, 1.807) is 19.1 Å². The fourth-order valence-corrected chi connectivity index (χ4v) is 4.99. The molecule has 0 unspecified atom stereocenters. The molecule has 0 fully saturated rings. The van der Waals surface area contributed by atoms with Gasteiger partial charge >= 0.3 is 5.97 Å². The molecule has 0 aliphatic rings. The van der Waals surface area contributed by atoms with Gasteiger partial charge in [-0.25, -0.2) is 8.42 Å². The molecule has 1 heterocycles. The normalized spacial score (nSPS) is 11.8. The summed E-state index contributed by atoms with van der Waals surface area (Å²) in [5, 5.41) is 0. The van der Waals surface area contributed by atoms with E-state index in [9.17, 15) is 13.2 Å². The van der Waals surface area contributed by atoms with Crippen LogP contribution in [0, 0.1) is 27.7 Å². The van der Waals surface area contributed by atoms with Gasteiger partial charge in [-0.15, -0.1) is 0 Å². The van der Waals surface area contributed by atoms with Crippen LogP contribution in [0.25, 0.3) is 0 Å². The Morgan fingerprint density at radius 3 is 2.30 bits per heavy atom. The van der Waals surface area contributed by atoms with Gasteiger partial charge in [0.1, 0.15) is 5.76 Å². The Labute approximate surface area is 161 Å². The van der Waals surface area contributed by atoms with Gasteiger partial charge in [0.05, 0.1) is 30.7 Å². The minimum atomic E-state index is -3.83. The van der Waals surface area contributed by atoms with E-state index in [1.807, 2.05) is 33.8 Å². The molecule has 0 N–H and O–H groups in total. The lowest BCUT2D eigenvalue weighted by Crippen LogP contribution is -2.34. The number of carbonyl (C=O) groups excluding carboxylic acids is 1. The van der Waals surface area contributed by atoms with Gasteiger partial charge in [-0.1, -0.05) is 6.07 Å². The van der Waals surface area contributed by atoms with Gasteiger partial charge in [-0.05, 0) is 69.0 Å². The summed E-state index contributed by atoms with van der Waals surface area (Å²) in [5.41, 5.74) is 3.28. The standard InChI is InChI=1S/C20H27NO5S/c1-6-25-19(22)9-10-21(13-18-8-7-11-26-18)27(23,24)20-16(4)14(2)12-15(3)17(20)5/h7-8,11-12H,6,9-10,13H2,1-5H3. The fourth-order valence-electron chi connectivity index (χ4n) is 3.01. The molecule has 148 valence electrons. The van der Waals surface area contributed by atoms with Gasteiger partial charge in [0.2, 0.25) is 10.0 Å². The molecule has 0 saturated carbocycles. The van der Waals surface area contributed by atoms with Crippen LogP contribution in [0.4, 0.5) is 0 Å². The Morgan fingerprint density at radius 2 is 1.78 bits per heavy atom. The molecule has 27 heavy (non-hydrogen) atoms. The summed E-state index contributed by atoms with van der Waals surface area (Å²) in [7, 11) is -3.83. The molecule has 0 saturated heterocycles. The van der Waals surface area contributed by atoms with Crippen molar-refractivity contribution >= 4 is 16.0 Å². The van der Waals surface area contributed by atoms with Gasteiger partial charge in [0, 0.05) is 6.54 Å². The molecule has 6 nitrogen and oxygen atoms in total. The Kier molecular flexibility index (Phi) is 6.84. The molecule has 7 heteroatoms. The second-order valence-electron chi connectivity index (χ2n) is 6.56. The molecule has 1 aromatic carbocycles. The maximum absolute atomic E-state index is 13.5. The third kappa shape index (κ3) is 4.78. The highest BCUT2D eigenvalue weighted by Crippen LogP contribution is 2.29. The number of esters is 1. The molecule has 1 aromatic heterocycles. The van der Waals surface area contributed by atoms with E-state index in [0.29, 0.717) is 10.7 Å². The highest BCUT2D eigenvalue weighted by molar-refractivity contribution is 7.89. The number of nitrogens with zero attached hydrogens (tertiary/aromatic N) is 1. The van der Waals surface area contributed by atoms with E-state index in [0.717, 1.165) is 22.3 Å². The van der Waals surface area contributed by atoms with Crippen LogP contribution in [0.5, 0.6) is 0 Å². The monoisotopic (exact) mass is 393 g/mol. The zero-order valence-corrected chi connectivity index (χ0v) is 17.4. The first-order valence-electron chi connectivity index (χ1n) is 8.94. The number of benzene rings is 1. The van der Waals surface area contributed by atoms with Crippen LogP contribution >= 0.6 is 0 Å². The van der Waals surface area contributed by atoms with Crippen molar-refractivity contribution in [2.45, 2.75) is 52.5 Å². The number of furan rings is 1. The summed E-state index contributed by atoms with van der Waals surface area (Å²) in [6.45, 7) is 9.48. The maximum Gasteiger partial charge on any atom is 0.307 e. The lowest BCUT2D eigenvalue weighted by atomic mass is 10.0. The molecule has 2 aromatic rings. The molecular formula is C20H27NO5S. The molecule has 0 aliphatic heterocycles. The molecule has 2 rings (SSSR count). The second kappa shape index (κ2) is 8.71. The van der Waals surface area contributed by atoms with Crippen molar-refractivity contribution in [1.29, 1.82) is 0 Å². The Balaban J connectivity index is 2.45. The fraction of sp³-hybridized carbons (Fsp3) is 0.450. The molecule has 0 radical (unpaired) electrons. The van der Waals surface area contributed by atoms with Gasteiger partial charge < -0.3 is 9.15 Å². The zero-order chi connectivity index (χ0) is 20.2. The predicted molar refractivity (Wildman–Crippen MR) is 103 cm³/mol. The minimum Gasteiger partial charge on any atom is -0.468 e. The SMILES string of the molecule is CCOC(=O)CCN(Cc1ccco1)S(=O)(=O)c1c(C)c(C)cc(C)c1C. The summed E-state index contributed by atoms with van der Waals surface area (Å²) in [6, 6.07) is 5.41. The average Bonchev–Trinajstić information content (AvgIpc) is 3.10. The van der Waals surface area contributed by atoms with Crippen molar-refractivity contribution in [3.05, 3.63) is 52.5 Å². The predicted octanol–water partition coefficient (Wildman–Crippen LogP) is 3.66. The quantitative estimate of drug-likeness (QED) is 0.640. The van der Waals surface area contributed by atoms with Gasteiger partial charge in [-0.2, -0.15) is 4.31 Å². The van der Waals surface area contributed by atoms with Crippen LogP contribution in [0.3, 0.4) is 0 Å². The van der Waals surface area contributed by atoms with Gasteiger partial charge in [0.15, 0.2) is 0 Å². The van der Waals surface area contributed by atoms with Gasteiger partial charge in [0.25, 0.3) is 0 Å². The van der Waals surface area contributed by atoms with Crippen molar-refractivity contribution in [2.24, 2.45) is 0 Å². The van der Waals surface area contributed by atoms with Crippen molar-refractivity contribution in [1.82, 2.24) is 4.31 Å². The first kappa shape index (κ1) is 21.2. The number of sulfonamides is 1. The number of rotatable bonds is 8. The molecular weight excluding hydrogens is 366 g/mol. The van der Waals surface area contributed by atoms with Crippen molar-refractivity contribution in [2.75, 3.05) is 13.2 Å². The lowest BCUT2D eigenvalue weighted by Gasteiger charge is -2.24. The summed E-state index contributed by atoms with van der Waals surface area (Å²) in [6.07, 6.45) is 1.48. The van der Waals surface area contributed by atoms with E-state index in [-0.39, 0.29) is 26.1 Å². The average molecular weight is 394 g/mol. The molecule has 0 atom stereocenters. The summed E-state index contributed by atoms with van der Waals surface area (Å²) < 4.78 is 38.6. The third-order valence-corrected chi connectivity index (χ3v) is 6.80. The van der Waals surface area contributed by atoms with Crippen molar-refractivity contribution < 1.29 is 22.4 Å².